The molecule has 1 aromatic heterocycles. The first-order valence-corrected chi connectivity index (χ1v) is 8.30. The molecular formula is C10H10N4O3S3. The Morgan fingerprint density at radius 1 is 1.60 bits per heavy atom. The number of hydrogen-bond donors (Lipinski definition) is 2. The van der Waals surface area contributed by atoms with Gasteiger partial charge in [0.25, 0.3) is 0 Å². The highest BCUT2D eigenvalue weighted by molar-refractivity contribution is 8.07. The Labute approximate surface area is 126 Å². The molecule has 10 heteroatoms. The Bertz CT molecular complexity index is 603. The van der Waals surface area contributed by atoms with E-state index >= 15 is 0 Å². The van der Waals surface area contributed by atoms with Gasteiger partial charge < -0.3 is 10.8 Å². The molecule has 0 saturated carbocycles. The van der Waals surface area contributed by atoms with Crippen LogP contribution in [0.5, 0.6) is 0 Å². The van der Waals surface area contributed by atoms with E-state index in [9.17, 15) is 14.7 Å². The van der Waals surface area contributed by atoms with E-state index < -0.39 is 12.0 Å². The molecule has 0 bridgehead atoms. The summed E-state index contributed by atoms with van der Waals surface area (Å²) in [5.74, 6) is -1.46. The molecule has 1 saturated heterocycles. The number of nitrogens with two attached hydrogens (primary N) is 1. The predicted molar refractivity (Wildman–Crippen MR) is 76.1 cm³/mol. The summed E-state index contributed by atoms with van der Waals surface area (Å²) in [6, 6.07) is -0.620. The smallest absolute Gasteiger partial charge is 0.353 e. The van der Waals surface area contributed by atoms with Crippen molar-refractivity contribution in [3.63, 3.8) is 0 Å². The van der Waals surface area contributed by atoms with Gasteiger partial charge in [0.15, 0.2) is 4.34 Å². The third kappa shape index (κ3) is 2.03. The lowest BCUT2D eigenvalue weighted by Crippen LogP contribution is -2.68. The molecule has 106 valence electrons. The Morgan fingerprint density at radius 2 is 2.35 bits per heavy atom. The number of rotatable bonds is 3. The highest BCUT2D eigenvalue weighted by Crippen LogP contribution is 2.48. The minimum atomic E-state index is -1.12. The van der Waals surface area contributed by atoms with Gasteiger partial charge in [-0.15, -0.1) is 22.0 Å². The van der Waals surface area contributed by atoms with Gasteiger partial charge >= 0.3 is 5.97 Å². The number of thioether (sulfide) groups is 2. The van der Waals surface area contributed by atoms with E-state index in [2.05, 4.69) is 10.2 Å². The Kier molecular flexibility index (Phi) is 3.48. The van der Waals surface area contributed by atoms with Crippen molar-refractivity contribution in [1.82, 2.24) is 15.1 Å². The van der Waals surface area contributed by atoms with E-state index in [1.54, 1.807) is 5.51 Å². The molecule has 0 aliphatic carbocycles. The number of carbonyl (C=O) groups excluding carboxylic acids is 1. The van der Waals surface area contributed by atoms with Crippen molar-refractivity contribution in [2.75, 3.05) is 0 Å². The number of nitrogens with zero attached hydrogens (tertiary/aromatic N) is 3. The quantitative estimate of drug-likeness (QED) is 0.774. The summed E-state index contributed by atoms with van der Waals surface area (Å²) in [7, 11) is 0. The third-order valence-corrected chi connectivity index (χ3v) is 6.63. The molecule has 0 aromatic carbocycles. The van der Waals surface area contributed by atoms with Gasteiger partial charge in [0.05, 0.1) is 0 Å². The number of aromatic nitrogens is 2. The summed E-state index contributed by atoms with van der Waals surface area (Å²) >= 11 is 4.07. The molecule has 0 spiro atoms. The van der Waals surface area contributed by atoms with Crippen molar-refractivity contribution in [3.8, 4) is 0 Å². The van der Waals surface area contributed by atoms with Gasteiger partial charge in [0.1, 0.15) is 22.6 Å². The molecule has 1 aromatic rings. The molecule has 2 unspecified atom stereocenters. The van der Waals surface area contributed by atoms with Crippen LogP contribution >= 0.6 is 34.9 Å². The third-order valence-electron chi connectivity index (χ3n) is 3.01. The number of fused-ring (bicyclic) bond motifs is 1. The van der Waals surface area contributed by atoms with Gasteiger partial charge in [0.2, 0.25) is 5.91 Å². The molecule has 20 heavy (non-hydrogen) atoms. The van der Waals surface area contributed by atoms with Crippen molar-refractivity contribution in [1.29, 1.82) is 0 Å². The standard InChI is InChI=1S/C10H10N4O3S3/c1-3-6(20-10-13-12-2-18-10)5(9(16)17)14-7(15)4(11)8(14)19-3/h2-4,8H,11H2,1H3,(H,16,17)/t3?,4?,8-/m1/s1. The fourth-order valence-electron chi connectivity index (χ4n) is 2.09. The van der Waals surface area contributed by atoms with Crippen LogP contribution in [0.4, 0.5) is 0 Å². The zero-order valence-corrected chi connectivity index (χ0v) is 12.7. The van der Waals surface area contributed by atoms with Crippen LogP contribution < -0.4 is 5.73 Å². The minimum Gasteiger partial charge on any atom is -0.477 e. The molecule has 2 aliphatic rings. The lowest BCUT2D eigenvalue weighted by atomic mass is 10.1. The van der Waals surface area contributed by atoms with E-state index in [4.69, 9.17) is 5.73 Å². The van der Waals surface area contributed by atoms with Gasteiger partial charge in [-0.3, -0.25) is 9.69 Å². The van der Waals surface area contributed by atoms with Crippen LogP contribution in [0.15, 0.2) is 20.5 Å². The van der Waals surface area contributed by atoms with E-state index in [1.165, 1.54) is 39.8 Å². The average Bonchev–Trinajstić information content (AvgIpc) is 2.92. The zero-order valence-electron chi connectivity index (χ0n) is 10.2. The summed E-state index contributed by atoms with van der Waals surface area (Å²) < 4.78 is 0.655. The normalized spacial score (nSPS) is 29.2. The first-order chi connectivity index (χ1) is 9.50. The van der Waals surface area contributed by atoms with Crippen molar-refractivity contribution in [3.05, 3.63) is 16.1 Å². The molecule has 1 fully saturated rings. The Balaban J connectivity index is 2.01. The monoisotopic (exact) mass is 330 g/mol. The summed E-state index contributed by atoms with van der Waals surface area (Å²) in [6.07, 6.45) is 0. The largest absolute Gasteiger partial charge is 0.477 e. The zero-order chi connectivity index (χ0) is 14.4. The Morgan fingerprint density at radius 3 is 2.95 bits per heavy atom. The molecule has 3 rings (SSSR count). The number of carboxylic acid groups (broad SMARTS) is 1. The second kappa shape index (κ2) is 5.02. The first-order valence-electron chi connectivity index (χ1n) is 5.66. The van der Waals surface area contributed by atoms with Crippen LogP contribution in [-0.4, -0.2) is 48.7 Å². The van der Waals surface area contributed by atoms with Crippen LogP contribution in [-0.2, 0) is 9.59 Å². The molecule has 3 atom stereocenters. The highest BCUT2D eigenvalue weighted by atomic mass is 32.2. The number of amides is 1. The van der Waals surface area contributed by atoms with Gasteiger partial charge in [-0.05, 0) is 6.92 Å². The number of carboxylic acids is 1. The highest BCUT2D eigenvalue weighted by Gasteiger charge is 2.53. The number of hydrogen-bond acceptors (Lipinski definition) is 8. The molecule has 0 radical (unpaired) electrons. The van der Waals surface area contributed by atoms with Crippen molar-refractivity contribution in [2.24, 2.45) is 5.73 Å². The number of β-lactam (4-membered cyclic amide) rings is 1. The average molecular weight is 330 g/mol. The molecule has 1 amide bonds. The second-order valence-electron chi connectivity index (χ2n) is 4.23. The summed E-state index contributed by atoms with van der Waals surface area (Å²) in [4.78, 5) is 25.2. The van der Waals surface area contributed by atoms with Gasteiger partial charge in [-0.2, -0.15) is 0 Å². The van der Waals surface area contributed by atoms with Gasteiger partial charge in [-0.25, -0.2) is 4.79 Å². The Hall–Kier alpha value is -1.10. The van der Waals surface area contributed by atoms with E-state index in [0.29, 0.717) is 9.24 Å². The molecule has 3 N–H and O–H groups in total. The van der Waals surface area contributed by atoms with Crippen LogP contribution in [0.3, 0.4) is 0 Å². The van der Waals surface area contributed by atoms with Crippen LogP contribution in [0.2, 0.25) is 0 Å². The number of carbonyl (C=O) groups is 2. The predicted octanol–water partition coefficient (Wildman–Crippen LogP) is 0.557. The van der Waals surface area contributed by atoms with Crippen LogP contribution in [0, 0.1) is 0 Å². The van der Waals surface area contributed by atoms with Gasteiger partial charge in [0, 0.05) is 10.2 Å². The summed E-state index contributed by atoms with van der Waals surface area (Å²) in [5.41, 5.74) is 7.33. The van der Waals surface area contributed by atoms with Gasteiger partial charge in [-0.1, -0.05) is 23.1 Å². The van der Waals surface area contributed by atoms with Crippen molar-refractivity contribution >= 4 is 46.7 Å². The topological polar surface area (TPSA) is 109 Å². The maximum Gasteiger partial charge on any atom is 0.353 e. The fourth-order valence-corrected chi connectivity index (χ4v) is 5.27. The SMILES string of the molecule is CC1S[C@@H]2C(N)C(=O)N2C(C(=O)O)=C1Sc1nncs1. The number of aliphatic carboxylic acids is 1. The maximum absolute atomic E-state index is 11.8. The summed E-state index contributed by atoms with van der Waals surface area (Å²) in [5, 5.41) is 16.7. The van der Waals surface area contributed by atoms with E-state index in [0.717, 1.165) is 0 Å². The van der Waals surface area contributed by atoms with E-state index in [1.807, 2.05) is 6.92 Å². The fraction of sp³-hybridized carbons (Fsp3) is 0.400. The summed E-state index contributed by atoms with van der Waals surface area (Å²) in [6.45, 7) is 1.91. The van der Waals surface area contributed by atoms with E-state index in [-0.39, 0.29) is 22.2 Å². The lowest BCUT2D eigenvalue weighted by molar-refractivity contribution is -0.147. The first kappa shape index (κ1) is 13.9. The lowest BCUT2D eigenvalue weighted by Gasteiger charge is -2.49. The molecule has 3 heterocycles. The van der Waals surface area contributed by atoms with Crippen LogP contribution in [0.25, 0.3) is 0 Å². The van der Waals surface area contributed by atoms with Crippen molar-refractivity contribution in [2.45, 2.75) is 27.9 Å². The molecule has 2 aliphatic heterocycles. The van der Waals surface area contributed by atoms with Crippen LogP contribution in [0.1, 0.15) is 6.92 Å². The maximum atomic E-state index is 11.8. The minimum absolute atomic E-state index is 0.0214. The molecular weight excluding hydrogens is 320 g/mol. The molecule has 7 nitrogen and oxygen atoms in total. The second-order valence-corrected chi connectivity index (χ2v) is 7.81. The van der Waals surface area contributed by atoms with Crippen molar-refractivity contribution < 1.29 is 14.7 Å².